The van der Waals surface area contributed by atoms with Crippen molar-refractivity contribution in [3.05, 3.63) is 59.0 Å². The average molecular weight is 595 g/mol. The topological polar surface area (TPSA) is 176 Å². The van der Waals surface area contributed by atoms with E-state index in [1.165, 1.54) is 0 Å². The van der Waals surface area contributed by atoms with Crippen LogP contribution in [0.3, 0.4) is 0 Å². The van der Waals surface area contributed by atoms with E-state index in [9.17, 15) is 28.2 Å². The van der Waals surface area contributed by atoms with Gasteiger partial charge in [0.2, 0.25) is 17.1 Å². The molecule has 6 N–H and O–H groups in total. The first kappa shape index (κ1) is 30.0. The molecular formula is C26H26ClF3N6O5. The van der Waals surface area contributed by atoms with Gasteiger partial charge in [0.25, 0.3) is 0 Å². The molecule has 1 amide bonds. The smallest absolute Gasteiger partial charge is 0.475 e. The maximum atomic E-state index is 11.9. The molecule has 0 saturated heterocycles. The summed E-state index contributed by atoms with van der Waals surface area (Å²) in [4.78, 5) is 34.1. The maximum Gasteiger partial charge on any atom is 0.490 e. The van der Waals surface area contributed by atoms with Crippen LogP contribution in [0.15, 0.2) is 42.5 Å². The highest BCUT2D eigenvalue weighted by Crippen LogP contribution is 2.36. The van der Waals surface area contributed by atoms with Gasteiger partial charge in [0.15, 0.2) is 5.65 Å². The number of imidazole rings is 1. The molecule has 11 nitrogen and oxygen atoms in total. The second kappa shape index (κ2) is 11.8. The van der Waals surface area contributed by atoms with E-state index < -0.39 is 36.4 Å². The lowest BCUT2D eigenvalue weighted by atomic mass is 10.0. The summed E-state index contributed by atoms with van der Waals surface area (Å²) in [6.45, 7) is 1.72. The van der Waals surface area contributed by atoms with Crippen LogP contribution in [-0.2, 0) is 16.0 Å². The number of carbonyl (C=O) groups is 2. The van der Waals surface area contributed by atoms with Gasteiger partial charge in [-0.2, -0.15) is 18.2 Å². The number of aliphatic hydroxyl groups excluding tert-OH is 2. The number of anilines is 1. The number of amides is 1. The van der Waals surface area contributed by atoms with Gasteiger partial charge in [-0.1, -0.05) is 49.4 Å². The number of carboxylic acids is 1. The zero-order chi connectivity index (χ0) is 30.1. The highest BCUT2D eigenvalue weighted by molar-refractivity contribution is 6.28. The van der Waals surface area contributed by atoms with Crippen molar-refractivity contribution in [3.63, 3.8) is 0 Å². The zero-order valence-corrected chi connectivity index (χ0v) is 22.3. The van der Waals surface area contributed by atoms with Gasteiger partial charge in [-0.3, -0.25) is 9.36 Å². The van der Waals surface area contributed by atoms with E-state index in [2.05, 4.69) is 38.5 Å². The second-order valence-corrected chi connectivity index (χ2v) is 9.72. The third kappa shape index (κ3) is 6.34. The quantitative estimate of drug-likeness (QED) is 0.217. The minimum Gasteiger partial charge on any atom is -0.475 e. The monoisotopic (exact) mass is 594 g/mol. The van der Waals surface area contributed by atoms with Gasteiger partial charge in [0.1, 0.15) is 17.7 Å². The fourth-order valence-corrected chi connectivity index (χ4v) is 4.99. The highest BCUT2D eigenvalue weighted by Gasteiger charge is 2.44. The number of benzene rings is 2. The van der Waals surface area contributed by atoms with Crippen LogP contribution < -0.4 is 11.1 Å². The van der Waals surface area contributed by atoms with E-state index in [0.717, 1.165) is 16.3 Å². The van der Waals surface area contributed by atoms with Crippen LogP contribution in [0.4, 0.5) is 19.1 Å². The molecule has 2 heterocycles. The van der Waals surface area contributed by atoms with E-state index in [0.29, 0.717) is 23.3 Å². The Hall–Kier alpha value is -4.01. The lowest BCUT2D eigenvalue weighted by Gasteiger charge is -2.19. The molecule has 1 fully saturated rings. The first-order valence-electron chi connectivity index (χ1n) is 12.4. The van der Waals surface area contributed by atoms with E-state index >= 15 is 0 Å². The molecule has 0 bridgehead atoms. The number of aromatic nitrogens is 4. The van der Waals surface area contributed by atoms with Crippen LogP contribution in [0.25, 0.3) is 21.9 Å². The Morgan fingerprint density at radius 2 is 1.76 bits per heavy atom. The van der Waals surface area contributed by atoms with Crippen LogP contribution in [-0.4, -0.2) is 71.1 Å². The minimum absolute atomic E-state index is 0.0350. The van der Waals surface area contributed by atoms with Crippen molar-refractivity contribution in [2.75, 3.05) is 5.73 Å². The number of halogens is 4. The number of aliphatic carboxylic acids is 1. The SMILES string of the molecule is CCC(=O)N[C@H]1C[C@@H](n2c(N)nc3c(Cc4cccc5ccccc45)nc(Cl)nc32)[C@H](O)[C@@H]1O.O=C(O)C(F)(F)F. The summed E-state index contributed by atoms with van der Waals surface area (Å²) in [5, 5.41) is 33.5. The van der Waals surface area contributed by atoms with Crippen LogP contribution in [0.5, 0.6) is 0 Å². The Kier molecular flexibility index (Phi) is 8.66. The number of hydrogen-bond acceptors (Lipinski definition) is 8. The number of nitrogens with zero attached hydrogens (tertiary/aromatic N) is 4. The molecule has 4 aromatic rings. The molecule has 1 saturated carbocycles. The molecule has 0 aliphatic heterocycles. The number of rotatable bonds is 5. The number of aliphatic hydroxyl groups is 2. The lowest BCUT2D eigenvalue weighted by molar-refractivity contribution is -0.192. The summed E-state index contributed by atoms with van der Waals surface area (Å²) in [5.74, 6) is -2.83. The van der Waals surface area contributed by atoms with Crippen LogP contribution in [0.1, 0.15) is 37.1 Å². The van der Waals surface area contributed by atoms with E-state index in [4.69, 9.17) is 27.2 Å². The van der Waals surface area contributed by atoms with Gasteiger partial charge in [-0.15, -0.1) is 0 Å². The maximum absolute atomic E-state index is 11.9. The van der Waals surface area contributed by atoms with Gasteiger partial charge in [-0.25, -0.2) is 14.8 Å². The predicted molar refractivity (Wildman–Crippen MR) is 143 cm³/mol. The van der Waals surface area contributed by atoms with Gasteiger partial charge < -0.3 is 26.4 Å². The molecule has 4 atom stereocenters. The Morgan fingerprint density at radius 3 is 2.41 bits per heavy atom. The van der Waals surface area contributed by atoms with Gasteiger partial charge in [0.05, 0.1) is 17.8 Å². The first-order chi connectivity index (χ1) is 19.3. The lowest BCUT2D eigenvalue weighted by Crippen LogP contribution is -2.42. The highest BCUT2D eigenvalue weighted by atomic mass is 35.5. The van der Waals surface area contributed by atoms with Crippen molar-refractivity contribution < 1.29 is 38.1 Å². The van der Waals surface area contributed by atoms with Gasteiger partial charge in [-0.05, 0) is 34.4 Å². The third-order valence-corrected chi connectivity index (χ3v) is 6.91. The average Bonchev–Trinajstić information content (AvgIpc) is 3.38. The first-order valence-corrected chi connectivity index (χ1v) is 12.8. The van der Waals surface area contributed by atoms with Crippen LogP contribution >= 0.6 is 11.6 Å². The van der Waals surface area contributed by atoms with Crippen molar-refractivity contribution in [1.29, 1.82) is 0 Å². The van der Waals surface area contributed by atoms with Crippen LogP contribution in [0, 0.1) is 0 Å². The predicted octanol–water partition coefficient (Wildman–Crippen LogP) is 3.00. The number of fused-ring (bicyclic) bond motifs is 2. The van der Waals surface area contributed by atoms with E-state index in [1.54, 1.807) is 11.5 Å². The summed E-state index contributed by atoms with van der Waals surface area (Å²) in [6, 6.07) is 12.9. The van der Waals surface area contributed by atoms with E-state index in [1.807, 2.05) is 24.3 Å². The van der Waals surface area contributed by atoms with Crippen molar-refractivity contribution >= 4 is 51.4 Å². The Bertz CT molecular complexity index is 1590. The number of carbonyl (C=O) groups excluding carboxylic acids is 1. The number of alkyl halides is 3. The molecule has 0 spiro atoms. The number of carboxylic acid groups (broad SMARTS) is 1. The number of nitrogen functional groups attached to an aromatic ring is 1. The molecule has 1 aliphatic rings. The normalized spacial score (nSPS) is 20.6. The molecule has 0 radical (unpaired) electrons. The van der Waals surface area contributed by atoms with Crippen molar-refractivity contribution in [2.45, 2.75) is 56.7 Å². The largest absolute Gasteiger partial charge is 0.490 e. The molecule has 2 aromatic carbocycles. The number of hydrogen-bond donors (Lipinski definition) is 5. The fraction of sp³-hybridized carbons (Fsp3) is 0.346. The van der Waals surface area contributed by atoms with Crippen molar-refractivity contribution in [2.24, 2.45) is 0 Å². The van der Waals surface area contributed by atoms with Gasteiger partial charge in [0, 0.05) is 12.8 Å². The van der Waals surface area contributed by atoms with Crippen molar-refractivity contribution in [1.82, 2.24) is 24.8 Å². The summed E-state index contributed by atoms with van der Waals surface area (Å²) >= 11 is 6.30. The molecule has 0 unspecified atom stereocenters. The number of nitrogens with two attached hydrogens (primary N) is 1. The molecule has 1 aliphatic carbocycles. The summed E-state index contributed by atoms with van der Waals surface area (Å²) in [6.07, 6.45) is -6.39. The third-order valence-electron chi connectivity index (χ3n) is 6.74. The Balaban J connectivity index is 0.000000493. The summed E-state index contributed by atoms with van der Waals surface area (Å²) < 4.78 is 33.3. The fourth-order valence-electron chi connectivity index (χ4n) is 4.81. The zero-order valence-electron chi connectivity index (χ0n) is 21.5. The van der Waals surface area contributed by atoms with Crippen molar-refractivity contribution in [3.8, 4) is 0 Å². The molecule has 218 valence electrons. The van der Waals surface area contributed by atoms with Crippen LogP contribution in [0.2, 0.25) is 5.28 Å². The Labute approximate surface area is 235 Å². The summed E-state index contributed by atoms with van der Waals surface area (Å²) in [7, 11) is 0. The number of nitrogens with one attached hydrogen (secondary N) is 1. The Morgan fingerprint density at radius 1 is 1.10 bits per heavy atom. The summed E-state index contributed by atoms with van der Waals surface area (Å²) in [5.41, 5.74) is 8.81. The molecule has 41 heavy (non-hydrogen) atoms. The minimum atomic E-state index is -5.08. The molecular weight excluding hydrogens is 569 g/mol. The molecule has 2 aromatic heterocycles. The van der Waals surface area contributed by atoms with Gasteiger partial charge >= 0.3 is 12.1 Å². The standard InChI is InChI=1S/C24H25ClN6O3.C2HF3O2/c1-2-18(32)27-16-11-17(21(34)20(16)33)31-22-19(29-24(31)26)15(28-23(25)30-22)10-13-8-5-7-12-6-3-4-9-14(12)13;3-2(4,5)1(6)7/h3-9,16-17,20-21,33-34H,2,10-11H2,1H3,(H2,26,29)(H,27,32);(H,6,7)/t16-,17+,20+,21-;/m0./s1. The second-order valence-electron chi connectivity index (χ2n) is 9.38. The van der Waals surface area contributed by atoms with E-state index in [-0.39, 0.29) is 30.0 Å². The molecule has 5 rings (SSSR count). The molecule has 15 heteroatoms.